The second kappa shape index (κ2) is 6.38. The van der Waals surface area contributed by atoms with Crippen LogP contribution >= 0.6 is 27.5 Å². The van der Waals surface area contributed by atoms with Gasteiger partial charge in [-0.3, -0.25) is 0 Å². The summed E-state index contributed by atoms with van der Waals surface area (Å²) >= 11 is 8.94. The second-order valence-electron chi connectivity index (χ2n) is 2.87. The summed E-state index contributed by atoms with van der Waals surface area (Å²) in [4.78, 5) is 0. The number of alkyl halides is 2. The molecule has 0 heterocycles. The minimum atomic E-state index is -0.233. The van der Waals surface area contributed by atoms with Gasteiger partial charge in [0.2, 0.25) is 0 Å². The molecule has 1 atom stereocenters. The highest BCUT2D eigenvalue weighted by molar-refractivity contribution is 9.09. The minimum Gasteiger partial charge on any atom is -0.371 e. The van der Waals surface area contributed by atoms with Gasteiger partial charge in [-0.25, -0.2) is 4.39 Å². The van der Waals surface area contributed by atoms with Gasteiger partial charge in [-0.15, -0.1) is 11.6 Å². The fourth-order valence-corrected chi connectivity index (χ4v) is 1.80. The molecule has 4 heteroatoms. The average molecular weight is 282 g/mol. The molecule has 0 fully saturated rings. The maximum atomic E-state index is 12.5. The number of benzene rings is 1. The lowest BCUT2D eigenvalue weighted by Gasteiger charge is -2.11. The van der Waals surface area contributed by atoms with Crippen LogP contribution in [0.3, 0.4) is 0 Å². The van der Waals surface area contributed by atoms with E-state index >= 15 is 0 Å². The van der Waals surface area contributed by atoms with Gasteiger partial charge in [0.25, 0.3) is 0 Å². The first-order chi connectivity index (χ1) is 6.76. The molecule has 0 saturated heterocycles. The zero-order chi connectivity index (χ0) is 10.4. The molecule has 1 nitrogen and oxygen atoms in total. The summed E-state index contributed by atoms with van der Waals surface area (Å²) in [6.45, 7) is 0.462. The molecule has 0 spiro atoms. The molecular formula is C10H11BrClFO. The van der Waals surface area contributed by atoms with Crippen molar-refractivity contribution in [3.8, 4) is 0 Å². The Balaban J connectivity index is 2.41. The van der Waals surface area contributed by atoms with Gasteiger partial charge in [-0.2, -0.15) is 0 Å². The van der Waals surface area contributed by atoms with E-state index in [0.717, 1.165) is 5.56 Å². The monoisotopic (exact) mass is 280 g/mol. The summed E-state index contributed by atoms with van der Waals surface area (Å²) in [5.41, 5.74) is 0.947. The van der Waals surface area contributed by atoms with Crippen LogP contribution < -0.4 is 0 Å². The Morgan fingerprint density at radius 3 is 2.50 bits per heavy atom. The van der Waals surface area contributed by atoms with Crippen molar-refractivity contribution in [2.24, 2.45) is 0 Å². The molecule has 0 saturated carbocycles. The van der Waals surface area contributed by atoms with E-state index in [2.05, 4.69) is 15.9 Å². The lowest BCUT2D eigenvalue weighted by molar-refractivity contribution is 0.0717. The molecule has 0 aliphatic rings. The number of hydrogen-bond donors (Lipinski definition) is 0. The zero-order valence-corrected chi connectivity index (χ0v) is 9.89. The third-order valence-electron chi connectivity index (χ3n) is 1.74. The van der Waals surface area contributed by atoms with E-state index in [4.69, 9.17) is 16.3 Å². The fraction of sp³-hybridized carbons (Fsp3) is 0.400. The van der Waals surface area contributed by atoms with E-state index in [1.807, 2.05) is 0 Å². The maximum Gasteiger partial charge on any atom is 0.123 e. The summed E-state index contributed by atoms with van der Waals surface area (Å²) < 4.78 is 18.0. The average Bonchev–Trinajstić information content (AvgIpc) is 2.22. The molecule has 0 radical (unpaired) electrons. The summed E-state index contributed by atoms with van der Waals surface area (Å²) in [5.74, 6) is 0.218. The predicted molar refractivity (Wildman–Crippen MR) is 59.5 cm³/mol. The molecule has 78 valence electrons. The highest BCUT2D eigenvalue weighted by atomic mass is 79.9. The zero-order valence-electron chi connectivity index (χ0n) is 7.55. The van der Waals surface area contributed by atoms with Crippen LogP contribution in [-0.2, 0) is 11.3 Å². The van der Waals surface area contributed by atoms with Crippen molar-refractivity contribution in [3.63, 3.8) is 0 Å². The highest BCUT2D eigenvalue weighted by Crippen LogP contribution is 2.08. The molecule has 0 aromatic heterocycles. The molecule has 1 unspecified atom stereocenters. The van der Waals surface area contributed by atoms with Gasteiger partial charge >= 0.3 is 0 Å². The van der Waals surface area contributed by atoms with Crippen molar-refractivity contribution in [3.05, 3.63) is 35.6 Å². The van der Waals surface area contributed by atoms with E-state index in [1.54, 1.807) is 12.1 Å². The highest BCUT2D eigenvalue weighted by Gasteiger charge is 2.05. The number of halogens is 3. The van der Waals surface area contributed by atoms with Crippen LogP contribution in [-0.4, -0.2) is 17.3 Å². The Labute approximate surface area is 96.3 Å². The summed E-state index contributed by atoms with van der Waals surface area (Å²) in [5, 5.41) is 0.706. The first-order valence-electron chi connectivity index (χ1n) is 4.24. The van der Waals surface area contributed by atoms with E-state index < -0.39 is 0 Å². The maximum absolute atomic E-state index is 12.5. The molecule has 14 heavy (non-hydrogen) atoms. The summed E-state index contributed by atoms with van der Waals surface area (Å²) in [6, 6.07) is 6.24. The van der Waals surface area contributed by atoms with Crippen molar-refractivity contribution >= 4 is 27.5 Å². The number of rotatable bonds is 5. The Kier molecular flexibility index (Phi) is 5.45. The van der Waals surface area contributed by atoms with Gasteiger partial charge in [0.1, 0.15) is 5.82 Å². The Morgan fingerprint density at radius 2 is 2.00 bits per heavy atom. The summed E-state index contributed by atoms with van der Waals surface area (Å²) in [7, 11) is 0. The first-order valence-corrected chi connectivity index (χ1v) is 5.90. The Hall–Kier alpha value is -0.120. The van der Waals surface area contributed by atoms with Gasteiger partial charge in [0.05, 0.1) is 12.7 Å². The topological polar surface area (TPSA) is 9.23 Å². The summed E-state index contributed by atoms with van der Waals surface area (Å²) in [6.07, 6.45) is 0.00159. The second-order valence-corrected chi connectivity index (χ2v) is 3.82. The van der Waals surface area contributed by atoms with Crippen molar-refractivity contribution in [1.82, 2.24) is 0 Å². The van der Waals surface area contributed by atoms with E-state index in [9.17, 15) is 4.39 Å². The van der Waals surface area contributed by atoms with Gasteiger partial charge in [-0.1, -0.05) is 28.1 Å². The van der Waals surface area contributed by atoms with Gasteiger partial charge in [0.15, 0.2) is 0 Å². The van der Waals surface area contributed by atoms with Gasteiger partial charge in [-0.05, 0) is 17.7 Å². The first kappa shape index (κ1) is 12.0. The van der Waals surface area contributed by atoms with Crippen LogP contribution in [0.15, 0.2) is 24.3 Å². The molecule has 1 aromatic rings. The quantitative estimate of drug-likeness (QED) is 0.752. The Bertz CT molecular complexity index is 261. The third kappa shape index (κ3) is 3.95. The van der Waals surface area contributed by atoms with Gasteiger partial charge < -0.3 is 4.74 Å². The molecule has 0 aliphatic heterocycles. The normalized spacial score (nSPS) is 12.8. The Morgan fingerprint density at radius 1 is 1.36 bits per heavy atom. The molecule has 1 aromatic carbocycles. The van der Waals surface area contributed by atoms with Crippen molar-refractivity contribution in [2.45, 2.75) is 12.7 Å². The third-order valence-corrected chi connectivity index (χ3v) is 2.81. The molecule has 1 rings (SSSR count). The van der Waals surface area contributed by atoms with Crippen molar-refractivity contribution in [1.29, 1.82) is 0 Å². The predicted octanol–water partition coefficient (Wildman–Crippen LogP) is 3.34. The smallest absolute Gasteiger partial charge is 0.123 e. The van der Waals surface area contributed by atoms with E-state index in [-0.39, 0.29) is 11.9 Å². The van der Waals surface area contributed by atoms with E-state index in [0.29, 0.717) is 17.8 Å². The largest absolute Gasteiger partial charge is 0.371 e. The SMILES string of the molecule is Fc1ccc(COC(CCl)CBr)cc1. The molecule has 0 bridgehead atoms. The minimum absolute atomic E-state index is 0.00159. The van der Waals surface area contributed by atoms with Crippen molar-refractivity contribution < 1.29 is 9.13 Å². The standard InChI is InChI=1S/C10H11BrClFO/c11-5-10(6-12)14-7-8-1-3-9(13)4-2-8/h1-4,10H,5-7H2. The van der Waals surface area contributed by atoms with Crippen LogP contribution in [0.2, 0.25) is 0 Å². The molecule has 0 aliphatic carbocycles. The molecule has 0 amide bonds. The van der Waals surface area contributed by atoms with Crippen LogP contribution in [0.4, 0.5) is 4.39 Å². The van der Waals surface area contributed by atoms with Crippen LogP contribution in [0, 0.1) is 5.82 Å². The lowest BCUT2D eigenvalue weighted by Crippen LogP contribution is -2.16. The van der Waals surface area contributed by atoms with Crippen LogP contribution in [0.25, 0.3) is 0 Å². The van der Waals surface area contributed by atoms with Crippen LogP contribution in [0.1, 0.15) is 5.56 Å². The number of ether oxygens (including phenoxy) is 1. The fourth-order valence-electron chi connectivity index (χ4n) is 0.925. The van der Waals surface area contributed by atoms with Gasteiger partial charge in [0, 0.05) is 11.2 Å². The van der Waals surface area contributed by atoms with E-state index in [1.165, 1.54) is 12.1 Å². The van der Waals surface area contributed by atoms with Crippen molar-refractivity contribution in [2.75, 3.05) is 11.2 Å². The number of hydrogen-bond acceptors (Lipinski definition) is 1. The van der Waals surface area contributed by atoms with Crippen LogP contribution in [0.5, 0.6) is 0 Å². The lowest BCUT2D eigenvalue weighted by atomic mass is 10.2. The molecular weight excluding hydrogens is 270 g/mol. The molecule has 0 N–H and O–H groups in total.